The fraction of sp³-hybridized carbons (Fsp3) is 0.267. The molecule has 6 rings (SSSR count). The van der Waals surface area contributed by atoms with Crippen LogP contribution in [0.1, 0.15) is 11.6 Å². The van der Waals surface area contributed by atoms with Gasteiger partial charge < -0.3 is 14.4 Å². The van der Waals surface area contributed by atoms with Crippen molar-refractivity contribution in [2.24, 2.45) is 0 Å². The molecule has 0 amide bonds. The highest BCUT2D eigenvalue weighted by molar-refractivity contribution is 7.95. The maximum absolute atomic E-state index is 16.0. The van der Waals surface area contributed by atoms with E-state index in [1.807, 2.05) is 28.6 Å². The van der Waals surface area contributed by atoms with Gasteiger partial charge in [-0.25, -0.2) is 32.6 Å². The van der Waals surface area contributed by atoms with Crippen molar-refractivity contribution >= 4 is 45.0 Å². The summed E-state index contributed by atoms with van der Waals surface area (Å²) in [7, 11) is 5.85. The molecule has 19 heteroatoms. The SMILES string of the molecule is COc1cc(OC)c(F)c(N(Cc2nccn2SN(C)C)c2ccc3ncc(-c4cnn(Cc5nccn5S(=O)(=O)N(C)C)c4)nc3n2)c1. The van der Waals surface area contributed by atoms with Crippen LogP contribution in [-0.4, -0.2) is 102 Å². The first kappa shape index (κ1) is 33.8. The van der Waals surface area contributed by atoms with Gasteiger partial charge in [-0.3, -0.25) is 13.6 Å². The van der Waals surface area contributed by atoms with Gasteiger partial charge in [0, 0.05) is 74.9 Å². The topological polar surface area (TPSA) is 154 Å². The third-order valence-corrected chi connectivity index (χ3v) is 9.85. The Morgan fingerprint density at radius 3 is 2.45 bits per heavy atom. The van der Waals surface area contributed by atoms with Crippen LogP contribution in [0.3, 0.4) is 0 Å². The highest BCUT2D eigenvalue weighted by Gasteiger charge is 2.24. The fourth-order valence-corrected chi connectivity index (χ4v) is 6.45. The highest BCUT2D eigenvalue weighted by Crippen LogP contribution is 2.37. The summed E-state index contributed by atoms with van der Waals surface area (Å²) in [6, 6.07) is 6.53. The molecule has 0 radical (unpaired) electrons. The van der Waals surface area contributed by atoms with E-state index in [4.69, 9.17) is 19.4 Å². The molecule has 1 aromatic carbocycles. The van der Waals surface area contributed by atoms with Crippen molar-refractivity contribution in [1.82, 2.24) is 51.3 Å². The molecule has 0 unspecified atom stereocenters. The quantitative estimate of drug-likeness (QED) is 0.161. The van der Waals surface area contributed by atoms with Crippen molar-refractivity contribution in [2.75, 3.05) is 47.3 Å². The third kappa shape index (κ3) is 6.91. The Kier molecular flexibility index (Phi) is 9.50. The summed E-state index contributed by atoms with van der Waals surface area (Å²) in [6.07, 6.45) is 11.2. The Morgan fingerprint density at radius 1 is 0.939 bits per heavy atom. The zero-order valence-corrected chi connectivity index (χ0v) is 29.1. The van der Waals surface area contributed by atoms with Gasteiger partial charge in [-0.2, -0.15) is 17.8 Å². The minimum atomic E-state index is -3.75. The number of hydrogen-bond acceptors (Lipinski definition) is 13. The van der Waals surface area contributed by atoms with E-state index in [1.54, 1.807) is 52.6 Å². The van der Waals surface area contributed by atoms with Crippen molar-refractivity contribution in [2.45, 2.75) is 13.1 Å². The van der Waals surface area contributed by atoms with Crippen LogP contribution in [-0.2, 0) is 23.3 Å². The molecule has 0 saturated heterocycles. The van der Waals surface area contributed by atoms with Gasteiger partial charge in [0.05, 0.1) is 44.5 Å². The molecule has 0 aliphatic rings. The van der Waals surface area contributed by atoms with Crippen molar-refractivity contribution in [3.63, 3.8) is 0 Å². The van der Waals surface area contributed by atoms with Gasteiger partial charge in [-0.15, -0.1) is 0 Å². The standard InChI is InChI=1S/C30H33FN12O4S2/c1-38(2)48-42-11-9-32-27(42)19-41(24-13-21(46-5)14-25(47-6)29(24)31)26-8-7-22-30(37-26)36-23(16-34-22)20-15-35-40(17-20)18-28-33-10-12-43(28)49(44,45)39(3)4/h7-17H,18-19H2,1-6H3. The molecule has 0 fully saturated rings. The van der Waals surface area contributed by atoms with Gasteiger partial charge in [-0.1, -0.05) is 0 Å². The summed E-state index contributed by atoms with van der Waals surface area (Å²) >= 11 is 1.42. The molecule has 6 aromatic rings. The van der Waals surface area contributed by atoms with Gasteiger partial charge in [-0.05, 0) is 26.2 Å². The van der Waals surface area contributed by atoms with E-state index >= 15 is 4.39 Å². The molecule has 0 aliphatic heterocycles. The van der Waals surface area contributed by atoms with Crippen LogP contribution in [0.25, 0.3) is 22.4 Å². The lowest BCUT2D eigenvalue weighted by Crippen LogP contribution is -2.30. The van der Waals surface area contributed by atoms with E-state index in [0.717, 1.165) is 8.28 Å². The van der Waals surface area contributed by atoms with Crippen LogP contribution < -0.4 is 14.4 Å². The second kappa shape index (κ2) is 13.8. The Labute approximate surface area is 286 Å². The average molecular weight is 709 g/mol. The number of anilines is 2. The molecule has 0 N–H and O–H groups in total. The van der Waals surface area contributed by atoms with Gasteiger partial charge in [0.2, 0.25) is 0 Å². The van der Waals surface area contributed by atoms with Crippen molar-refractivity contribution < 1.29 is 22.3 Å². The minimum Gasteiger partial charge on any atom is -0.497 e. The lowest BCUT2D eigenvalue weighted by Gasteiger charge is -2.26. The summed E-state index contributed by atoms with van der Waals surface area (Å²) in [5.74, 6) is 1.09. The third-order valence-electron chi connectivity index (χ3n) is 7.26. The molecule has 0 atom stereocenters. The minimum absolute atomic E-state index is 0.00650. The number of pyridine rings is 1. The van der Waals surface area contributed by atoms with E-state index in [-0.39, 0.29) is 30.4 Å². The number of nitrogens with zero attached hydrogens (tertiary/aromatic N) is 12. The van der Waals surface area contributed by atoms with Crippen molar-refractivity contribution in [1.29, 1.82) is 0 Å². The summed E-state index contributed by atoms with van der Waals surface area (Å²) < 4.78 is 59.7. The summed E-state index contributed by atoms with van der Waals surface area (Å²) in [5.41, 5.74) is 2.09. The predicted octanol–water partition coefficient (Wildman–Crippen LogP) is 3.45. The van der Waals surface area contributed by atoms with Gasteiger partial charge in [0.1, 0.15) is 35.3 Å². The number of benzene rings is 1. The largest absolute Gasteiger partial charge is 0.497 e. The van der Waals surface area contributed by atoms with Crippen LogP contribution in [0, 0.1) is 5.82 Å². The van der Waals surface area contributed by atoms with E-state index in [9.17, 15) is 8.42 Å². The first-order valence-electron chi connectivity index (χ1n) is 14.7. The Hall–Kier alpha value is -5.11. The van der Waals surface area contributed by atoms with Crippen molar-refractivity contribution in [3.8, 4) is 22.8 Å². The number of rotatable bonds is 13. The second-order valence-corrected chi connectivity index (χ2v) is 14.2. The van der Waals surface area contributed by atoms with Crippen LogP contribution in [0.5, 0.6) is 11.5 Å². The monoisotopic (exact) mass is 708 g/mol. The van der Waals surface area contributed by atoms with E-state index in [1.165, 1.54) is 58.9 Å². The maximum atomic E-state index is 16.0. The Morgan fingerprint density at radius 2 is 1.71 bits per heavy atom. The van der Waals surface area contributed by atoms with Crippen LogP contribution >= 0.6 is 12.1 Å². The van der Waals surface area contributed by atoms with Crippen molar-refractivity contribution in [3.05, 3.63) is 85.1 Å². The molecule has 0 bridgehead atoms. The lowest BCUT2D eigenvalue weighted by atomic mass is 10.2. The lowest BCUT2D eigenvalue weighted by molar-refractivity contribution is 0.374. The fourth-order valence-electron chi connectivity index (χ4n) is 4.86. The molecular formula is C30H33FN12O4S2. The summed E-state index contributed by atoms with van der Waals surface area (Å²) in [5, 5.41) is 4.39. The van der Waals surface area contributed by atoms with Gasteiger partial charge in [0.15, 0.2) is 17.2 Å². The molecule has 49 heavy (non-hydrogen) atoms. The Balaban J connectivity index is 1.37. The number of imidazole rings is 2. The van der Waals surface area contributed by atoms with Gasteiger partial charge in [0.25, 0.3) is 0 Å². The van der Waals surface area contributed by atoms with E-state index < -0.39 is 16.0 Å². The number of ether oxygens (including phenoxy) is 2. The zero-order chi connectivity index (χ0) is 34.9. The normalized spacial score (nSPS) is 11.9. The maximum Gasteiger partial charge on any atom is 0.308 e. The molecule has 16 nitrogen and oxygen atoms in total. The van der Waals surface area contributed by atoms with E-state index in [2.05, 4.69) is 20.1 Å². The predicted molar refractivity (Wildman–Crippen MR) is 182 cm³/mol. The summed E-state index contributed by atoms with van der Waals surface area (Å²) in [6.45, 7) is 0.231. The Bertz CT molecular complexity index is 2220. The molecule has 0 aliphatic carbocycles. The van der Waals surface area contributed by atoms with E-state index in [0.29, 0.717) is 39.8 Å². The highest BCUT2D eigenvalue weighted by atomic mass is 32.2. The summed E-state index contributed by atoms with van der Waals surface area (Å²) in [4.78, 5) is 24.6. The second-order valence-electron chi connectivity index (χ2n) is 10.9. The first-order chi connectivity index (χ1) is 23.5. The average Bonchev–Trinajstić information content (AvgIpc) is 3.85. The van der Waals surface area contributed by atoms with Crippen LogP contribution in [0.2, 0.25) is 0 Å². The first-order valence-corrected chi connectivity index (χ1v) is 16.8. The molecule has 5 heterocycles. The molecule has 256 valence electrons. The molecule has 0 spiro atoms. The zero-order valence-electron chi connectivity index (χ0n) is 27.5. The number of hydrogen-bond donors (Lipinski definition) is 0. The molecular weight excluding hydrogens is 676 g/mol. The number of fused-ring (bicyclic) bond motifs is 1. The number of halogens is 1. The van der Waals surface area contributed by atoms with Crippen LogP contribution in [0.15, 0.2) is 67.6 Å². The molecule has 0 saturated carbocycles. The van der Waals surface area contributed by atoms with Crippen LogP contribution in [0.4, 0.5) is 15.9 Å². The number of aromatic nitrogens is 9. The van der Waals surface area contributed by atoms with Gasteiger partial charge >= 0.3 is 10.2 Å². The number of methoxy groups -OCH3 is 2. The molecule has 5 aromatic heterocycles. The smallest absolute Gasteiger partial charge is 0.308 e.